The van der Waals surface area contributed by atoms with Gasteiger partial charge in [0.15, 0.2) is 0 Å². The van der Waals surface area contributed by atoms with Gasteiger partial charge in [0.25, 0.3) is 0 Å². The van der Waals surface area contributed by atoms with Crippen molar-refractivity contribution in [3.05, 3.63) is 35.4 Å². The first-order valence-electron chi connectivity index (χ1n) is 6.23. The zero-order valence-electron chi connectivity index (χ0n) is 11.2. The van der Waals surface area contributed by atoms with Crippen LogP contribution >= 0.6 is 0 Å². The summed E-state index contributed by atoms with van der Waals surface area (Å²) in [5.41, 5.74) is 2.56. The SMILES string of the molecule is CCNCc1ccc(COCCN(C)C)cc1. The third kappa shape index (κ3) is 6.41. The summed E-state index contributed by atoms with van der Waals surface area (Å²) in [6, 6.07) is 8.60. The normalized spacial score (nSPS) is 11.1. The van der Waals surface area contributed by atoms with E-state index in [-0.39, 0.29) is 0 Å². The van der Waals surface area contributed by atoms with Gasteiger partial charge in [-0.15, -0.1) is 0 Å². The average molecular weight is 236 g/mol. The standard InChI is InChI=1S/C14H24N2O/c1-4-15-11-13-5-7-14(8-6-13)12-17-10-9-16(2)3/h5-8,15H,4,9-12H2,1-3H3. The van der Waals surface area contributed by atoms with Gasteiger partial charge in [0.2, 0.25) is 0 Å². The molecule has 0 saturated heterocycles. The molecule has 1 N–H and O–H groups in total. The minimum Gasteiger partial charge on any atom is -0.375 e. The van der Waals surface area contributed by atoms with Crippen LogP contribution in [0.1, 0.15) is 18.1 Å². The molecule has 17 heavy (non-hydrogen) atoms. The molecule has 0 aliphatic carbocycles. The number of hydrogen-bond donors (Lipinski definition) is 1. The van der Waals surface area contributed by atoms with Crippen molar-refractivity contribution in [2.75, 3.05) is 33.8 Å². The molecule has 1 aromatic rings. The molecule has 0 bridgehead atoms. The lowest BCUT2D eigenvalue weighted by atomic mass is 10.1. The molecule has 0 heterocycles. The highest BCUT2D eigenvalue weighted by atomic mass is 16.5. The number of nitrogens with zero attached hydrogens (tertiary/aromatic N) is 1. The van der Waals surface area contributed by atoms with Crippen molar-refractivity contribution in [3.63, 3.8) is 0 Å². The fourth-order valence-corrected chi connectivity index (χ4v) is 1.46. The number of rotatable bonds is 8. The largest absolute Gasteiger partial charge is 0.375 e. The highest BCUT2D eigenvalue weighted by molar-refractivity contribution is 5.21. The average Bonchev–Trinajstić information content (AvgIpc) is 2.33. The van der Waals surface area contributed by atoms with Gasteiger partial charge in [-0.3, -0.25) is 0 Å². The van der Waals surface area contributed by atoms with Crippen LogP contribution in [-0.2, 0) is 17.9 Å². The lowest BCUT2D eigenvalue weighted by molar-refractivity contribution is 0.105. The van der Waals surface area contributed by atoms with E-state index >= 15 is 0 Å². The maximum absolute atomic E-state index is 5.59. The van der Waals surface area contributed by atoms with Crippen LogP contribution in [0.3, 0.4) is 0 Å². The Kier molecular flexibility index (Phi) is 6.86. The Balaban J connectivity index is 2.25. The summed E-state index contributed by atoms with van der Waals surface area (Å²) in [5.74, 6) is 0. The van der Waals surface area contributed by atoms with Gasteiger partial charge in [-0.05, 0) is 31.8 Å². The highest BCUT2D eigenvalue weighted by Gasteiger charge is 1.96. The third-order valence-corrected chi connectivity index (χ3v) is 2.55. The first kappa shape index (κ1) is 14.2. The Morgan fingerprint density at radius 2 is 1.76 bits per heavy atom. The van der Waals surface area contributed by atoms with Crippen LogP contribution in [0, 0.1) is 0 Å². The molecule has 0 unspecified atom stereocenters. The molecule has 1 aromatic carbocycles. The fourth-order valence-electron chi connectivity index (χ4n) is 1.46. The summed E-state index contributed by atoms with van der Waals surface area (Å²) in [4.78, 5) is 2.12. The number of likely N-dealkylation sites (N-methyl/N-ethyl adjacent to an activating group) is 1. The molecule has 0 aliphatic heterocycles. The van der Waals surface area contributed by atoms with Crippen LogP contribution < -0.4 is 5.32 Å². The summed E-state index contributed by atoms with van der Waals surface area (Å²) in [6.07, 6.45) is 0. The van der Waals surface area contributed by atoms with Gasteiger partial charge in [0, 0.05) is 13.1 Å². The van der Waals surface area contributed by atoms with Crippen LogP contribution in [0.15, 0.2) is 24.3 Å². The molecule has 0 aliphatic rings. The second-order valence-corrected chi connectivity index (χ2v) is 4.45. The zero-order valence-corrected chi connectivity index (χ0v) is 11.2. The quantitative estimate of drug-likeness (QED) is 0.697. The lowest BCUT2D eigenvalue weighted by Crippen LogP contribution is -2.17. The second-order valence-electron chi connectivity index (χ2n) is 4.45. The van der Waals surface area contributed by atoms with Crippen LogP contribution in [0.25, 0.3) is 0 Å². The van der Waals surface area contributed by atoms with Gasteiger partial charge >= 0.3 is 0 Å². The Morgan fingerprint density at radius 3 is 2.35 bits per heavy atom. The first-order valence-corrected chi connectivity index (χ1v) is 6.23. The predicted molar refractivity (Wildman–Crippen MR) is 72.0 cm³/mol. The van der Waals surface area contributed by atoms with E-state index in [4.69, 9.17) is 4.74 Å². The van der Waals surface area contributed by atoms with Gasteiger partial charge in [0.05, 0.1) is 13.2 Å². The Labute approximate surface area is 105 Å². The van der Waals surface area contributed by atoms with E-state index in [1.165, 1.54) is 11.1 Å². The molecule has 0 saturated carbocycles. The molecule has 96 valence electrons. The minimum atomic E-state index is 0.704. The molecule has 3 heteroatoms. The Morgan fingerprint density at radius 1 is 1.12 bits per heavy atom. The Bertz CT molecular complexity index is 296. The molecule has 0 fully saturated rings. The zero-order chi connectivity index (χ0) is 12.5. The van der Waals surface area contributed by atoms with Crippen LogP contribution in [0.2, 0.25) is 0 Å². The lowest BCUT2D eigenvalue weighted by Gasteiger charge is -2.10. The van der Waals surface area contributed by atoms with Crippen molar-refractivity contribution in [1.29, 1.82) is 0 Å². The van der Waals surface area contributed by atoms with E-state index < -0.39 is 0 Å². The topological polar surface area (TPSA) is 24.5 Å². The van der Waals surface area contributed by atoms with Gasteiger partial charge in [-0.25, -0.2) is 0 Å². The van der Waals surface area contributed by atoms with Crippen molar-refractivity contribution in [2.24, 2.45) is 0 Å². The monoisotopic (exact) mass is 236 g/mol. The Hall–Kier alpha value is -0.900. The molecule has 1 rings (SSSR count). The maximum Gasteiger partial charge on any atom is 0.0717 e. The summed E-state index contributed by atoms with van der Waals surface area (Å²) in [6.45, 7) is 6.53. The van der Waals surface area contributed by atoms with Gasteiger partial charge in [0.1, 0.15) is 0 Å². The smallest absolute Gasteiger partial charge is 0.0717 e. The first-order chi connectivity index (χ1) is 8.22. The molecular weight excluding hydrogens is 212 g/mol. The number of ether oxygens (including phenoxy) is 1. The highest BCUT2D eigenvalue weighted by Crippen LogP contribution is 2.05. The van der Waals surface area contributed by atoms with Crippen LogP contribution in [0.4, 0.5) is 0 Å². The number of benzene rings is 1. The molecule has 0 aromatic heterocycles. The van der Waals surface area contributed by atoms with Gasteiger partial charge in [-0.2, -0.15) is 0 Å². The summed E-state index contributed by atoms with van der Waals surface area (Å²) >= 11 is 0. The summed E-state index contributed by atoms with van der Waals surface area (Å²) < 4.78 is 5.59. The van der Waals surface area contributed by atoms with Gasteiger partial charge in [-0.1, -0.05) is 31.2 Å². The van der Waals surface area contributed by atoms with E-state index in [1.54, 1.807) is 0 Å². The van der Waals surface area contributed by atoms with Crippen LogP contribution in [-0.4, -0.2) is 38.7 Å². The molecule has 0 radical (unpaired) electrons. The van der Waals surface area contributed by atoms with Gasteiger partial charge < -0.3 is 15.0 Å². The van der Waals surface area contributed by atoms with Crippen molar-refractivity contribution in [1.82, 2.24) is 10.2 Å². The van der Waals surface area contributed by atoms with E-state index in [0.29, 0.717) is 6.61 Å². The summed E-state index contributed by atoms with van der Waals surface area (Å²) in [5, 5.41) is 3.31. The van der Waals surface area contributed by atoms with E-state index in [2.05, 4.69) is 55.5 Å². The van der Waals surface area contributed by atoms with Crippen LogP contribution in [0.5, 0.6) is 0 Å². The summed E-state index contributed by atoms with van der Waals surface area (Å²) in [7, 11) is 4.11. The van der Waals surface area contributed by atoms with E-state index in [0.717, 1.165) is 26.2 Å². The minimum absolute atomic E-state index is 0.704. The van der Waals surface area contributed by atoms with Crippen molar-refractivity contribution in [2.45, 2.75) is 20.1 Å². The van der Waals surface area contributed by atoms with Crippen molar-refractivity contribution >= 4 is 0 Å². The molecule has 0 spiro atoms. The van der Waals surface area contributed by atoms with Crippen molar-refractivity contribution in [3.8, 4) is 0 Å². The second kappa shape index (κ2) is 8.23. The van der Waals surface area contributed by atoms with E-state index in [1.807, 2.05) is 0 Å². The molecule has 0 atom stereocenters. The number of hydrogen-bond acceptors (Lipinski definition) is 3. The molecular formula is C14H24N2O. The predicted octanol–water partition coefficient (Wildman–Crippen LogP) is 1.87. The maximum atomic E-state index is 5.59. The fraction of sp³-hybridized carbons (Fsp3) is 0.571. The third-order valence-electron chi connectivity index (χ3n) is 2.55. The van der Waals surface area contributed by atoms with E-state index in [9.17, 15) is 0 Å². The number of nitrogens with one attached hydrogen (secondary N) is 1. The molecule has 0 amide bonds. The molecule has 3 nitrogen and oxygen atoms in total. The van der Waals surface area contributed by atoms with Crippen molar-refractivity contribution < 1.29 is 4.74 Å².